The summed E-state index contributed by atoms with van der Waals surface area (Å²) in [5, 5.41) is 8.85. The molecule has 4 heteroatoms. The standard InChI is InChI=1S/C10H18N2O2/c1-3-5-12(6-4-2)10-11-9(7-13)8-14-10/h8,13H,3-7H2,1-2H3. The second-order valence-corrected chi connectivity index (χ2v) is 3.27. The molecule has 0 saturated heterocycles. The first-order valence-corrected chi connectivity index (χ1v) is 5.12. The van der Waals surface area contributed by atoms with Gasteiger partial charge in [-0.2, -0.15) is 4.98 Å². The number of hydrogen-bond donors (Lipinski definition) is 1. The fourth-order valence-electron chi connectivity index (χ4n) is 1.36. The van der Waals surface area contributed by atoms with Crippen molar-refractivity contribution < 1.29 is 9.52 Å². The first-order chi connectivity index (χ1) is 6.81. The second-order valence-electron chi connectivity index (χ2n) is 3.27. The topological polar surface area (TPSA) is 49.5 Å². The smallest absolute Gasteiger partial charge is 0.297 e. The van der Waals surface area contributed by atoms with Gasteiger partial charge in [-0.25, -0.2) is 0 Å². The highest BCUT2D eigenvalue weighted by Gasteiger charge is 2.10. The van der Waals surface area contributed by atoms with E-state index in [1.54, 1.807) is 0 Å². The minimum Gasteiger partial charge on any atom is -0.432 e. The van der Waals surface area contributed by atoms with Gasteiger partial charge in [-0.1, -0.05) is 13.8 Å². The summed E-state index contributed by atoms with van der Waals surface area (Å²) in [5.74, 6) is 0. The molecule has 1 rings (SSSR count). The van der Waals surface area contributed by atoms with Crippen LogP contribution in [0.5, 0.6) is 0 Å². The lowest BCUT2D eigenvalue weighted by atomic mass is 10.4. The Hall–Kier alpha value is -1.03. The number of aromatic nitrogens is 1. The van der Waals surface area contributed by atoms with Crippen LogP contribution in [0.1, 0.15) is 32.4 Å². The molecule has 0 unspecified atom stereocenters. The van der Waals surface area contributed by atoms with E-state index in [-0.39, 0.29) is 6.61 Å². The van der Waals surface area contributed by atoms with E-state index in [1.165, 1.54) is 6.26 Å². The molecule has 1 N–H and O–H groups in total. The SMILES string of the molecule is CCCN(CCC)c1nc(CO)co1. The molecule has 0 saturated carbocycles. The summed E-state index contributed by atoms with van der Waals surface area (Å²) in [6.45, 7) is 6.07. The zero-order chi connectivity index (χ0) is 10.4. The highest BCUT2D eigenvalue weighted by atomic mass is 16.4. The van der Waals surface area contributed by atoms with Crippen molar-refractivity contribution in [2.24, 2.45) is 0 Å². The van der Waals surface area contributed by atoms with E-state index in [9.17, 15) is 0 Å². The van der Waals surface area contributed by atoms with Crippen molar-refractivity contribution in [1.29, 1.82) is 0 Å². The van der Waals surface area contributed by atoms with Gasteiger partial charge in [-0.3, -0.25) is 0 Å². The van der Waals surface area contributed by atoms with Crippen molar-refractivity contribution in [1.82, 2.24) is 4.98 Å². The predicted molar refractivity (Wildman–Crippen MR) is 55.2 cm³/mol. The Kier molecular flexibility index (Phi) is 4.46. The molecule has 1 heterocycles. The lowest BCUT2D eigenvalue weighted by Crippen LogP contribution is -2.25. The van der Waals surface area contributed by atoms with Crippen LogP contribution in [0.15, 0.2) is 10.7 Å². The largest absolute Gasteiger partial charge is 0.432 e. The summed E-state index contributed by atoms with van der Waals surface area (Å²) in [7, 11) is 0. The average molecular weight is 198 g/mol. The first-order valence-electron chi connectivity index (χ1n) is 5.12. The van der Waals surface area contributed by atoms with Gasteiger partial charge in [-0.15, -0.1) is 0 Å². The predicted octanol–water partition coefficient (Wildman–Crippen LogP) is 1.79. The maximum atomic E-state index is 8.85. The van der Waals surface area contributed by atoms with E-state index in [1.807, 2.05) is 0 Å². The molecule has 1 aromatic heterocycles. The summed E-state index contributed by atoms with van der Waals surface area (Å²) in [6, 6.07) is 0.623. The Morgan fingerprint density at radius 2 is 2.00 bits per heavy atom. The Balaban J connectivity index is 2.65. The Bertz CT molecular complexity index is 254. The van der Waals surface area contributed by atoms with E-state index in [4.69, 9.17) is 9.52 Å². The monoisotopic (exact) mass is 198 g/mol. The van der Waals surface area contributed by atoms with E-state index >= 15 is 0 Å². The molecule has 1 aromatic rings. The average Bonchev–Trinajstić information content (AvgIpc) is 2.65. The van der Waals surface area contributed by atoms with Crippen LogP contribution in [0.3, 0.4) is 0 Å². The molecule has 80 valence electrons. The van der Waals surface area contributed by atoms with Crippen LogP contribution in [-0.4, -0.2) is 23.2 Å². The Morgan fingerprint density at radius 1 is 1.36 bits per heavy atom. The fourth-order valence-corrected chi connectivity index (χ4v) is 1.36. The number of anilines is 1. The van der Waals surface area contributed by atoms with Crippen LogP contribution < -0.4 is 4.90 Å². The zero-order valence-electron chi connectivity index (χ0n) is 8.86. The molecular formula is C10H18N2O2. The molecule has 0 aromatic carbocycles. The van der Waals surface area contributed by atoms with Crippen LogP contribution in [0, 0.1) is 0 Å². The van der Waals surface area contributed by atoms with Gasteiger partial charge in [0.2, 0.25) is 0 Å². The highest BCUT2D eigenvalue weighted by Crippen LogP contribution is 2.14. The zero-order valence-corrected chi connectivity index (χ0v) is 8.86. The third-order valence-electron chi connectivity index (χ3n) is 1.96. The lowest BCUT2D eigenvalue weighted by Gasteiger charge is -2.18. The van der Waals surface area contributed by atoms with E-state index < -0.39 is 0 Å². The van der Waals surface area contributed by atoms with Gasteiger partial charge in [0.15, 0.2) is 0 Å². The molecule has 0 aliphatic rings. The minimum absolute atomic E-state index is 0.0599. The second kappa shape index (κ2) is 5.65. The van der Waals surface area contributed by atoms with Crippen LogP contribution in [-0.2, 0) is 6.61 Å². The van der Waals surface area contributed by atoms with Crippen LogP contribution in [0.4, 0.5) is 6.01 Å². The maximum absolute atomic E-state index is 8.85. The fraction of sp³-hybridized carbons (Fsp3) is 0.700. The Labute approximate surface area is 84.6 Å². The quantitative estimate of drug-likeness (QED) is 0.757. The van der Waals surface area contributed by atoms with Crippen LogP contribution in [0.25, 0.3) is 0 Å². The maximum Gasteiger partial charge on any atom is 0.297 e. The van der Waals surface area contributed by atoms with Gasteiger partial charge < -0.3 is 14.4 Å². The molecular weight excluding hydrogens is 180 g/mol. The number of hydrogen-bond acceptors (Lipinski definition) is 4. The number of rotatable bonds is 6. The van der Waals surface area contributed by atoms with Gasteiger partial charge in [0.05, 0.1) is 6.61 Å². The molecule has 0 radical (unpaired) electrons. The van der Waals surface area contributed by atoms with Crippen LogP contribution in [0.2, 0.25) is 0 Å². The molecule has 14 heavy (non-hydrogen) atoms. The van der Waals surface area contributed by atoms with Gasteiger partial charge in [0.1, 0.15) is 12.0 Å². The highest BCUT2D eigenvalue weighted by molar-refractivity contribution is 5.26. The van der Waals surface area contributed by atoms with E-state index in [0.717, 1.165) is 25.9 Å². The summed E-state index contributed by atoms with van der Waals surface area (Å²) in [5.41, 5.74) is 0.595. The van der Waals surface area contributed by atoms with Gasteiger partial charge in [0, 0.05) is 13.1 Å². The molecule has 0 spiro atoms. The third-order valence-corrected chi connectivity index (χ3v) is 1.96. The van der Waals surface area contributed by atoms with Crippen molar-refractivity contribution in [3.8, 4) is 0 Å². The number of nitrogens with zero attached hydrogens (tertiary/aromatic N) is 2. The third kappa shape index (κ3) is 2.73. The Morgan fingerprint density at radius 3 is 2.43 bits per heavy atom. The first kappa shape index (κ1) is 11.0. The molecule has 0 amide bonds. The molecule has 0 atom stereocenters. The minimum atomic E-state index is -0.0599. The summed E-state index contributed by atoms with van der Waals surface area (Å²) in [4.78, 5) is 6.27. The number of aliphatic hydroxyl groups excluding tert-OH is 1. The van der Waals surface area contributed by atoms with Crippen molar-refractivity contribution >= 4 is 6.01 Å². The van der Waals surface area contributed by atoms with Gasteiger partial charge >= 0.3 is 0 Å². The normalized spacial score (nSPS) is 10.5. The molecule has 0 aliphatic carbocycles. The van der Waals surface area contributed by atoms with Crippen molar-refractivity contribution in [2.75, 3.05) is 18.0 Å². The molecule has 4 nitrogen and oxygen atoms in total. The van der Waals surface area contributed by atoms with E-state index in [0.29, 0.717) is 11.7 Å². The van der Waals surface area contributed by atoms with Crippen LogP contribution >= 0.6 is 0 Å². The number of oxazole rings is 1. The van der Waals surface area contributed by atoms with Crippen molar-refractivity contribution in [3.63, 3.8) is 0 Å². The van der Waals surface area contributed by atoms with Crippen molar-refractivity contribution in [2.45, 2.75) is 33.3 Å². The van der Waals surface area contributed by atoms with Gasteiger partial charge in [0.25, 0.3) is 6.01 Å². The summed E-state index contributed by atoms with van der Waals surface area (Å²) >= 11 is 0. The summed E-state index contributed by atoms with van der Waals surface area (Å²) < 4.78 is 5.28. The summed E-state index contributed by atoms with van der Waals surface area (Å²) in [6.07, 6.45) is 3.64. The van der Waals surface area contributed by atoms with Crippen molar-refractivity contribution in [3.05, 3.63) is 12.0 Å². The van der Waals surface area contributed by atoms with E-state index in [2.05, 4.69) is 23.7 Å². The molecule has 0 bridgehead atoms. The van der Waals surface area contributed by atoms with Gasteiger partial charge in [-0.05, 0) is 12.8 Å². The number of aliphatic hydroxyl groups is 1. The molecule has 0 fully saturated rings. The lowest BCUT2D eigenvalue weighted by molar-refractivity contribution is 0.276. The molecule has 0 aliphatic heterocycles.